The summed E-state index contributed by atoms with van der Waals surface area (Å²) in [4.78, 5) is 19.5. The summed E-state index contributed by atoms with van der Waals surface area (Å²) in [5, 5.41) is 12.2. The van der Waals surface area contributed by atoms with Crippen LogP contribution in [0.25, 0.3) is 0 Å². The normalized spacial score (nSPS) is 13.4. The molecule has 0 bridgehead atoms. The van der Waals surface area contributed by atoms with Crippen LogP contribution in [0.5, 0.6) is 5.75 Å². The molecule has 1 amide bonds. The van der Waals surface area contributed by atoms with Gasteiger partial charge in [-0.1, -0.05) is 45.0 Å². The maximum Gasteiger partial charge on any atom is 0.259 e. The predicted molar refractivity (Wildman–Crippen MR) is 122 cm³/mol. The van der Waals surface area contributed by atoms with Crippen molar-refractivity contribution >= 4 is 23.1 Å². The first kappa shape index (κ1) is 20.9. The van der Waals surface area contributed by atoms with Gasteiger partial charge in [0.15, 0.2) is 5.75 Å². The Hall–Kier alpha value is -3.38. The minimum Gasteiger partial charge on any atom is -0.489 e. The molecule has 31 heavy (non-hydrogen) atoms. The van der Waals surface area contributed by atoms with E-state index in [4.69, 9.17) is 4.74 Å². The highest BCUT2D eigenvalue weighted by atomic mass is 16.5. The predicted octanol–water partition coefficient (Wildman–Crippen LogP) is 4.65. The monoisotopic (exact) mass is 417 g/mol. The second kappa shape index (κ2) is 8.40. The molecule has 0 spiro atoms. The molecule has 0 aliphatic carbocycles. The number of hydrogen-bond donors (Lipinski definition) is 2. The summed E-state index contributed by atoms with van der Waals surface area (Å²) >= 11 is 0. The van der Waals surface area contributed by atoms with E-state index in [-0.39, 0.29) is 17.9 Å². The zero-order valence-electron chi connectivity index (χ0n) is 18.1. The molecule has 0 unspecified atom stereocenters. The summed E-state index contributed by atoms with van der Waals surface area (Å²) in [6.07, 6.45) is 1.66. The summed E-state index contributed by atoms with van der Waals surface area (Å²) in [6.45, 7) is 7.50. The summed E-state index contributed by atoms with van der Waals surface area (Å²) < 4.78 is 5.90. The number of fused-ring (bicyclic) bond motifs is 1. The van der Waals surface area contributed by atoms with Crippen LogP contribution in [0, 0.1) is 0 Å². The SMILES string of the molecule is CC(C)(C)c1ccc(NC(=O)c2cccc3c2OCCN3c2ccc(CO)cn2)cc1. The van der Waals surface area contributed by atoms with Crippen LogP contribution < -0.4 is 15.0 Å². The first-order valence-electron chi connectivity index (χ1n) is 10.4. The number of benzene rings is 2. The highest BCUT2D eigenvalue weighted by molar-refractivity contribution is 6.07. The molecule has 1 aromatic heterocycles. The molecule has 0 atom stereocenters. The van der Waals surface area contributed by atoms with Crippen molar-refractivity contribution < 1.29 is 14.6 Å². The molecular formula is C25H27N3O3. The van der Waals surface area contributed by atoms with E-state index < -0.39 is 0 Å². The fraction of sp³-hybridized carbons (Fsp3) is 0.280. The van der Waals surface area contributed by atoms with Gasteiger partial charge in [0.2, 0.25) is 0 Å². The Morgan fingerprint density at radius 2 is 1.90 bits per heavy atom. The van der Waals surface area contributed by atoms with Crippen molar-refractivity contribution in [1.82, 2.24) is 4.98 Å². The number of nitrogens with one attached hydrogen (secondary N) is 1. The third kappa shape index (κ3) is 4.39. The third-order valence-electron chi connectivity index (χ3n) is 5.37. The zero-order valence-corrected chi connectivity index (χ0v) is 18.1. The minimum absolute atomic E-state index is 0.0476. The Bertz CT molecular complexity index is 1070. The number of ether oxygens (including phenoxy) is 1. The van der Waals surface area contributed by atoms with Gasteiger partial charge in [-0.2, -0.15) is 0 Å². The van der Waals surface area contributed by atoms with Crippen molar-refractivity contribution in [2.45, 2.75) is 32.8 Å². The maximum absolute atomic E-state index is 13.0. The molecule has 2 heterocycles. The maximum atomic E-state index is 13.0. The summed E-state index contributed by atoms with van der Waals surface area (Å²) in [7, 11) is 0. The van der Waals surface area contributed by atoms with Gasteiger partial charge >= 0.3 is 0 Å². The van der Waals surface area contributed by atoms with Crippen LogP contribution in [0.3, 0.4) is 0 Å². The summed E-state index contributed by atoms with van der Waals surface area (Å²) in [6, 6.07) is 17.2. The summed E-state index contributed by atoms with van der Waals surface area (Å²) in [5.74, 6) is 1.08. The number of carbonyl (C=O) groups is 1. The molecule has 160 valence electrons. The van der Waals surface area contributed by atoms with Crippen molar-refractivity contribution in [3.63, 3.8) is 0 Å². The molecule has 6 nitrogen and oxygen atoms in total. The highest BCUT2D eigenvalue weighted by Gasteiger charge is 2.25. The Morgan fingerprint density at radius 3 is 2.55 bits per heavy atom. The van der Waals surface area contributed by atoms with Crippen molar-refractivity contribution in [3.05, 3.63) is 77.5 Å². The molecule has 3 aromatic rings. The lowest BCUT2D eigenvalue weighted by Gasteiger charge is -2.31. The van der Waals surface area contributed by atoms with Crippen molar-refractivity contribution in [2.75, 3.05) is 23.4 Å². The van der Waals surface area contributed by atoms with Gasteiger partial charge in [0.05, 0.1) is 24.4 Å². The molecule has 0 saturated carbocycles. The lowest BCUT2D eigenvalue weighted by atomic mass is 9.87. The molecule has 1 aliphatic rings. The number of anilines is 3. The Labute approximate surface area is 182 Å². The van der Waals surface area contributed by atoms with E-state index >= 15 is 0 Å². The second-order valence-corrected chi connectivity index (χ2v) is 8.62. The molecule has 4 rings (SSSR count). The van der Waals surface area contributed by atoms with E-state index in [0.717, 1.165) is 22.8 Å². The molecule has 6 heteroatoms. The van der Waals surface area contributed by atoms with E-state index in [1.807, 2.05) is 53.4 Å². The largest absolute Gasteiger partial charge is 0.489 e. The molecule has 2 aromatic carbocycles. The van der Waals surface area contributed by atoms with Gasteiger partial charge < -0.3 is 20.1 Å². The van der Waals surface area contributed by atoms with Gasteiger partial charge in [-0.3, -0.25) is 4.79 Å². The Balaban J connectivity index is 1.59. The first-order valence-corrected chi connectivity index (χ1v) is 10.4. The van der Waals surface area contributed by atoms with Gasteiger partial charge in [-0.15, -0.1) is 0 Å². The number of aromatic nitrogens is 1. The van der Waals surface area contributed by atoms with E-state index in [1.165, 1.54) is 5.56 Å². The lowest BCUT2D eigenvalue weighted by molar-refractivity contribution is 0.102. The van der Waals surface area contributed by atoms with E-state index in [2.05, 4.69) is 31.1 Å². The van der Waals surface area contributed by atoms with Crippen LogP contribution in [-0.2, 0) is 12.0 Å². The standard InChI is InChI=1S/C25H27N3O3/c1-25(2,3)18-8-10-19(11-9-18)27-24(30)20-5-4-6-21-23(20)31-14-13-28(21)22-12-7-17(16-29)15-26-22/h4-12,15,29H,13-14,16H2,1-3H3,(H,27,30). The van der Waals surface area contributed by atoms with Crippen molar-refractivity contribution in [2.24, 2.45) is 0 Å². The number of rotatable bonds is 4. The van der Waals surface area contributed by atoms with E-state index in [0.29, 0.717) is 24.5 Å². The third-order valence-corrected chi connectivity index (χ3v) is 5.37. The molecule has 0 radical (unpaired) electrons. The number of nitrogens with zero attached hydrogens (tertiary/aromatic N) is 2. The van der Waals surface area contributed by atoms with Crippen LogP contribution in [0.1, 0.15) is 42.3 Å². The second-order valence-electron chi connectivity index (χ2n) is 8.62. The fourth-order valence-electron chi connectivity index (χ4n) is 3.59. The minimum atomic E-state index is -0.217. The van der Waals surface area contributed by atoms with Crippen molar-refractivity contribution in [1.29, 1.82) is 0 Å². The Morgan fingerprint density at radius 1 is 1.13 bits per heavy atom. The fourth-order valence-corrected chi connectivity index (χ4v) is 3.59. The van der Waals surface area contributed by atoms with Crippen LogP contribution in [0.2, 0.25) is 0 Å². The molecule has 0 fully saturated rings. The Kier molecular flexibility index (Phi) is 5.65. The number of carbonyl (C=O) groups excluding carboxylic acids is 1. The van der Waals surface area contributed by atoms with Crippen LogP contribution in [0.15, 0.2) is 60.8 Å². The van der Waals surface area contributed by atoms with Gasteiger partial charge in [0.1, 0.15) is 12.4 Å². The molecule has 2 N–H and O–H groups in total. The number of aliphatic hydroxyl groups is 1. The highest BCUT2D eigenvalue weighted by Crippen LogP contribution is 2.38. The smallest absolute Gasteiger partial charge is 0.259 e. The average Bonchev–Trinajstić information content (AvgIpc) is 2.78. The number of aliphatic hydroxyl groups excluding tert-OH is 1. The van der Waals surface area contributed by atoms with Gasteiger partial charge in [0.25, 0.3) is 5.91 Å². The van der Waals surface area contributed by atoms with Crippen LogP contribution in [0.4, 0.5) is 17.2 Å². The number of amides is 1. The molecule has 0 saturated heterocycles. The lowest BCUT2D eigenvalue weighted by Crippen LogP contribution is -2.30. The van der Waals surface area contributed by atoms with Gasteiger partial charge in [0, 0.05) is 11.9 Å². The number of para-hydroxylation sites is 1. The number of pyridine rings is 1. The van der Waals surface area contributed by atoms with Crippen LogP contribution in [-0.4, -0.2) is 29.1 Å². The summed E-state index contributed by atoms with van der Waals surface area (Å²) in [5.41, 5.74) is 4.04. The van der Waals surface area contributed by atoms with Gasteiger partial charge in [-0.05, 0) is 46.9 Å². The topological polar surface area (TPSA) is 74.7 Å². The van der Waals surface area contributed by atoms with E-state index in [1.54, 1.807) is 12.3 Å². The molecular weight excluding hydrogens is 390 g/mol. The molecule has 1 aliphatic heterocycles. The first-order chi connectivity index (χ1) is 14.9. The van der Waals surface area contributed by atoms with E-state index in [9.17, 15) is 9.90 Å². The van der Waals surface area contributed by atoms with Crippen molar-refractivity contribution in [3.8, 4) is 5.75 Å². The van der Waals surface area contributed by atoms with Gasteiger partial charge in [-0.25, -0.2) is 4.98 Å². The average molecular weight is 418 g/mol. The van der Waals surface area contributed by atoms with Crippen LogP contribution >= 0.6 is 0 Å². The quantitative estimate of drug-likeness (QED) is 0.646. The number of hydrogen-bond acceptors (Lipinski definition) is 5. The zero-order chi connectivity index (χ0) is 22.0.